The first-order valence-corrected chi connectivity index (χ1v) is 7.93. The Hall–Kier alpha value is -2.01. The van der Waals surface area contributed by atoms with Crippen LogP contribution < -0.4 is 5.32 Å². The van der Waals surface area contributed by atoms with Crippen molar-refractivity contribution >= 4 is 23.2 Å². The minimum Gasteiger partial charge on any atom is -0.326 e. The standard InChI is InChI=1S/C18H17ClF3NO/c1-2-6-14(12-7-4-3-5-8-12)17(24)23-13-9-10-16(19)15(11-13)18(20,21)22/h3-5,7-11,14H,2,6H2,1H3,(H,23,24)/t14-/m1/s1. The minimum atomic E-state index is -4.57. The Balaban J connectivity index is 2.24. The van der Waals surface area contributed by atoms with Gasteiger partial charge in [-0.15, -0.1) is 0 Å². The van der Waals surface area contributed by atoms with Gasteiger partial charge >= 0.3 is 6.18 Å². The summed E-state index contributed by atoms with van der Waals surface area (Å²) in [6.45, 7) is 1.95. The Labute approximate surface area is 143 Å². The predicted molar refractivity (Wildman–Crippen MR) is 89.2 cm³/mol. The van der Waals surface area contributed by atoms with Crippen LogP contribution in [0.4, 0.5) is 18.9 Å². The zero-order valence-corrected chi connectivity index (χ0v) is 13.8. The molecule has 2 rings (SSSR count). The maximum Gasteiger partial charge on any atom is 0.417 e. The van der Waals surface area contributed by atoms with Crippen molar-refractivity contribution in [3.63, 3.8) is 0 Å². The molecule has 0 fully saturated rings. The topological polar surface area (TPSA) is 29.1 Å². The molecule has 24 heavy (non-hydrogen) atoms. The van der Waals surface area contributed by atoms with E-state index in [1.54, 1.807) is 0 Å². The number of carbonyl (C=O) groups is 1. The van der Waals surface area contributed by atoms with Crippen LogP contribution in [-0.4, -0.2) is 5.91 Å². The van der Waals surface area contributed by atoms with Crippen molar-refractivity contribution in [2.45, 2.75) is 31.9 Å². The van der Waals surface area contributed by atoms with Gasteiger partial charge in [0.1, 0.15) is 0 Å². The molecule has 0 radical (unpaired) electrons. The molecule has 0 aliphatic rings. The molecule has 2 nitrogen and oxygen atoms in total. The van der Waals surface area contributed by atoms with Crippen molar-refractivity contribution in [1.82, 2.24) is 0 Å². The lowest BCUT2D eigenvalue weighted by Crippen LogP contribution is -2.21. The Morgan fingerprint density at radius 1 is 1.17 bits per heavy atom. The average Bonchev–Trinajstić information content (AvgIpc) is 2.54. The maximum atomic E-state index is 12.9. The minimum absolute atomic E-state index is 0.0776. The van der Waals surface area contributed by atoms with Gasteiger partial charge in [-0.2, -0.15) is 13.2 Å². The lowest BCUT2D eigenvalue weighted by molar-refractivity contribution is -0.137. The number of hydrogen-bond acceptors (Lipinski definition) is 1. The number of alkyl halides is 3. The van der Waals surface area contributed by atoms with Crippen molar-refractivity contribution in [1.29, 1.82) is 0 Å². The van der Waals surface area contributed by atoms with Gasteiger partial charge < -0.3 is 5.32 Å². The van der Waals surface area contributed by atoms with Crippen LogP contribution in [0.3, 0.4) is 0 Å². The van der Waals surface area contributed by atoms with Gasteiger partial charge in [-0.05, 0) is 30.2 Å². The molecule has 1 N–H and O–H groups in total. The third kappa shape index (κ3) is 4.51. The van der Waals surface area contributed by atoms with Crippen LogP contribution in [0.5, 0.6) is 0 Å². The highest BCUT2D eigenvalue weighted by molar-refractivity contribution is 6.31. The molecule has 1 amide bonds. The molecule has 6 heteroatoms. The van der Waals surface area contributed by atoms with Crippen LogP contribution in [0.25, 0.3) is 0 Å². The van der Waals surface area contributed by atoms with Crippen LogP contribution in [0, 0.1) is 0 Å². The highest BCUT2D eigenvalue weighted by Crippen LogP contribution is 2.36. The third-order valence-electron chi connectivity index (χ3n) is 3.64. The van der Waals surface area contributed by atoms with Gasteiger partial charge in [0.15, 0.2) is 0 Å². The van der Waals surface area contributed by atoms with Gasteiger partial charge in [-0.1, -0.05) is 55.3 Å². The lowest BCUT2D eigenvalue weighted by atomic mass is 9.93. The molecule has 0 spiro atoms. The third-order valence-corrected chi connectivity index (χ3v) is 3.96. The quantitative estimate of drug-likeness (QED) is 0.712. The Morgan fingerprint density at radius 3 is 2.42 bits per heavy atom. The van der Waals surface area contributed by atoms with E-state index in [0.717, 1.165) is 24.1 Å². The van der Waals surface area contributed by atoms with Crippen molar-refractivity contribution in [2.75, 3.05) is 5.32 Å². The van der Waals surface area contributed by atoms with Gasteiger partial charge in [0, 0.05) is 5.69 Å². The van der Waals surface area contributed by atoms with Crippen LogP contribution >= 0.6 is 11.6 Å². The van der Waals surface area contributed by atoms with Crippen molar-refractivity contribution in [3.8, 4) is 0 Å². The molecule has 0 heterocycles. The van der Waals surface area contributed by atoms with Crippen LogP contribution in [0.2, 0.25) is 5.02 Å². The molecule has 128 valence electrons. The summed E-state index contributed by atoms with van der Waals surface area (Å²) < 4.78 is 38.7. The SMILES string of the molecule is CCC[C@@H](C(=O)Nc1ccc(Cl)c(C(F)(F)F)c1)c1ccccc1. The summed E-state index contributed by atoms with van der Waals surface area (Å²) in [5, 5.41) is 2.17. The van der Waals surface area contributed by atoms with E-state index in [9.17, 15) is 18.0 Å². The maximum absolute atomic E-state index is 12.9. The van der Waals surface area contributed by atoms with Crippen molar-refractivity contribution in [3.05, 3.63) is 64.7 Å². The predicted octanol–water partition coefficient (Wildman–Crippen LogP) is 5.88. The number of carbonyl (C=O) groups excluding carboxylic acids is 1. The molecule has 0 saturated carbocycles. The van der Waals surface area contributed by atoms with E-state index in [1.807, 2.05) is 37.3 Å². The Morgan fingerprint density at radius 2 is 1.83 bits per heavy atom. The normalized spacial score (nSPS) is 12.7. The molecule has 0 aliphatic carbocycles. The second-order valence-electron chi connectivity index (χ2n) is 5.43. The molecular formula is C18H17ClF3NO. The number of amides is 1. The van der Waals surface area contributed by atoms with E-state index in [-0.39, 0.29) is 11.6 Å². The number of halogens is 4. The number of benzene rings is 2. The van der Waals surface area contributed by atoms with E-state index in [2.05, 4.69) is 5.32 Å². The highest BCUT2D eigenvalue weighted by atomic mass is 35.5. The summed E-state index contributed by atoms with van der Waals surface area (Å²) in [5.74, 6) is -0.750. The van der Waals surface area contributed by atoms with E-state index >= 15 is 0 Å². The summed E-state index contributed by atoms with van der Waals surface area (Å²) in [6, 6.07) is 12.5. The average molecular weight is 356 g/mol. The lowest BCUT2D eigenvalue weighted by Gasteiger charge is -2.17. The molecule has 2 aromatic carbocycles. The number of anilines is 1. The van der Waals surface area contributed by atoms with Gasteiger partial charge in [0.2, 0.25) is 5.91 Å². The van der Waals surface area contributed by atoms with Crippen molar-refractivity contribution < 1.29 is 18.0 Å². The second kappa shape index (κ2) is 7.71. The van der Waals surface area contributed by atoms with Gasteiger partial charge in [0.05, 0.1) is 16.5 Å². The molecule has 0 unspecified atom stereocenters. The van der Waals surface area contributed by atoms with E-state index in [1.165, 1.54) is 6.07 Å². The molecule has 1 atom stereocenters. The van der Waals surface area contributed by atoms with Gasteiger partial charge in [0.25, 0.3) is 0 Å². The second-order valence-corrected chi connectivity index (χ2v) is 5.84. The molecule has 0 bridgehead atoms. The monoisotopic (exact) mass is 355 g/mol. The molecule has 2 aromatic rings. The first kappa shape index (κ1) is 18.3. The fraction of sp³-hybridized carbons (Fsp3) is 0.278. The summed E-state index contributed by atoms with van der Waals surface area (Å²) in [6.07, 6.45) is -3.18. The smallest absolute Gasteiger partial charge is 0.326 e. The molecule has 0 aromatic heterocycles. The first-order valence-electron chi connectivity index (χ1n) is 7.55. The Bertz CT molecular complexity index is 701. The Kier molecular flexibility index (Phi) is 5.89. The fourth-order valence-corrected chi connectivity index (χ4v) is 2.70. The van der Waals surface area contributed by atoms with E-state index in [4.69, 9.17) is 11.6 Å². The van der Waals surface area contributed by atoms with Crippen LogP contribution in [0.15, 0.2) is 48.5 Å². The number of hydrogen-bond donors (Lipinski definition) is 1. The fourth-order valence-electron chi connectivity index (χ4n) is 2.47. The zero-order valence-electron chi connectivity index (χ0n) is 13.0. The summed E-state index contributed by atoms with van der Waals surface area (Å²) in [5.41, 5.74) is -0.0515. The van der Waals surface area contributed by atoms with E-state index in [0.29, 0.717) is 6.42 Å². The van der Waals surface area contributed by atoms with Crippen LogP contribution in [-0.2, 0) is 11.0 Å². The summed E-state index contributed by atoms with van der Waals surface area (Å²) in [7, 11) is 0. The van der Waals surface area contributed by atoms with Gasteiger partial charge in [-0.25, -0.2) is 0 Å². The molecule has 0 saturated heterocycles. The van der Waals surface area contributed by atoms with Crippen LogP contribution in [0.1, 0.15) is 36.8 Å². The highest BCUT2D eigenvalue weighted by Gasteiger charge is 2.33. The summed E-state index contributed by atoms with van der Waals surface area (Å²) >= 11 is 5.59. The number of rotatable bonds is 5. The van der Waals surface area contributed by atoms with Gasteiger partial charge in [-0.3, -0.25) is 4.79 Å². The summed E-state index contributed by atoms with van der Waals surface area (Å²) in [4.78, 5) is 12.5. The van der Waals surface area contributed by atoms with E-state index < -0.39 is 22.7 Å². The molecular weight excluding hydrogens is 339 g/mol. The number of nitrogens with one attached hydrogen (secondary N) is 1. The molecule has 0 aliphatic heterocycles. The largest absolute Gasteiger partial charge is 0.417 e. The van der Waals surface area contributed by atoms with Crippen molar-refractivity contribution in [2.24, 2.45) is 0 Å². The zero-order chi connectivity index (χ0) is 17.7. The first-order chi connectivity index (χ1) is 11.3.